The van der Waals surface area contributed by atoms with Crippen LogP contribution in [0.25, 0.3) is 0 Å². The number of methoxy groups -OCH3 is 1. The number of ether oxygens (including phenoxy) is 1. The fourth-order valence-corrected chi connectivity index (χ4v) is 2.67. The number of piperidine rings is 1. The number of aliphatic hydroxyl groups excluding tert-OH is 1. The SMILES string of the molecule is COc1cc(CC2CN(C)CCC2O)cc(N)c1O. The molecule has 1 aromatic carbocycles. The molecule has 19 heavy (non-hydrogen) atoms. The summed E-state index contributed by atoms with van der Waals surface area (Å²) in [6.07, 6.45) is 1.25. The van der Waals surface area contributed by atoms with E-state index < -0.39 is 0 Å². The maximum absolute atomic E-state index is 10.1. The molecule has 5 heteroatoms. The molecule has 0 amide bonds. The minimum absolute atomic E-state index is 0.0208. The number of nitrogens with zero attached hydrogens (tertiary/aromatic N) is 1. The number of benzene rings is 1. The molecular formula is C14H22N2O3. The van der Waals surface area contributed by atoms with Crippen LogP contribution >= 0.6 is 0 Å². The van der Waals surface area contributed by atoms with E-state index in [9.17, 15) is 10.2 Å². The molecule has 1 fully saturated rings. The lowest BCUT2D eigenvalue weighted by Gasteiger charge is -2.34. The molecule has 0 aromatic heterocycles. The van der Waals surface area contributed by atoms with Crippen molar-refractivity contribution in [1.29, 1.82) is 0 Å². The number of nitrogen functional groups attached to an aromatic ring is 1. The van der Waals surface area contributed by atoms with E-state index in [1.54, 1.807) is 12.1 Å². The predicted molar refractivity (Wildman–Crippen MR) is 74.4 cm³/mol. The first-order chi connectivity index (χ1) is 9.01. The van der Waals surface area contributed by atoms with Gasteiger partial charge in [0, 0.05) is 19.0 Å². The highest BCUT2D eigenvalue weighted by Gasteiger charge is 2.26. The number of hydrogen-bond donors (Lipinski definition) is 3. The Balaban J connectivity index is 2.16. The van der Waals surface area contributed by atoms with Gasteiger partial charge in [-0.05, 0) is 37.6 Å². The van der Waals surface area contributed by atoms with Crippen molar-refractivity contribution in [3.8, 4) is 11.5 Å². The van der Waals surface area contributed by atoms with Gasteiger partial charge in [-0.1, -0.05) is 0 Å². The molecule has 0 spiro atoms. The van der Waals surface area contributed by atoms with Crippen molar-refractivity contribution in [1.82, 2.24) is 4.90 Å². The molecule has 1 aliphatic heterocycles. The monoisotopic (exact) mass is 266 g/mol. The molecular weight excluding hydrogens is 244 g/mol. The maximum atomic E-state index is 10.1. The summed E-state index contributed by atoms with van der Waals surface area (Å²) in [5, 5.41) is 19.8. The minimum Gasteiger partial charge on any atom is -0.503 e. The molecule has 4 N–H and O–H groups in total. The Bertz CT molecular complexity index is 451. The summed E-state index contributed by atoms with van der Waals surface area (Å²) in [6.45, 7) is 1.79. The first-order valence-corrected chi connectivity index (χ1v) is 6.53. The van der Waals surface area contributed by atoms with Crippen molar-refractivity contribution >= 4 is 5.69 Å². The van der Waals surface area contributed by atoms with Crippen LogP contribution in [0.5, 0.6) is 11.5 Å². The van der Waals surface area contributed by atoms with Gasteiger partial charge in [-0.15, -0.1) is 0 Å². The third-order valence-electron chi connectivity index (χ3n) is 3.78. The zero-order valence-electron chi connectivity index (χ0n) is 11.5. The lowest BCUT2D eigenvalue weighted by molar-refractivity contribution is 0.0366. The number of hydrogen-bond acceptors (Lipinski definition) is 5. The van der Waals surface area contributed by atoms with Crippen LogP contribution in [0.1, 0.15) is 12.0 Å². The molecule has 0 aliphatic carbocycles. The Kier molecular flexibility index (Phi) is 4.17. The molecule has 0 radical (unpaired) electrons. The molecule has 1 saturated heterocycles. The van der Waals surface area contributed by atoms with Gasteiger partial charge in [0.25, 0.3) is 0 Å². The lowest BCUT2D eigenvalue weighted by atomic mass is 9.88. The number of phenols is 1. The molecule has 5 nitrogen and oxygen atoms in total. The van der Waals surface area contributed by atoms with Crippen molar-refractivity contribution in [2.45, 2.75) is 18.9 Å². The van der Waals surface area contributed by atoms with E-state index in [0.717, 1.165) is 31.5 Å². The molecule has 2 rings (SSSR count). The van der Waals surface area contributed by atoms with E-state index in [4.69, 9.17) is 10.5 Å². The van der Waals surface area contributed by atoms with E-state index in [0.29, 0.717) is 11.4 Å². The zero-order valence-corrected chi connectivity index (χ0v) is 11.5. The Hall–Kier alpha value is -1.46. The van der Waals surface area contributed by atoms with E-state index in [-0.39, 0.29) is 17.8 Å². The fourth-order valence-electron chi connectivity index (χ4n) is 2.67. The maximum Gasteiger partial charge on any atom is 0.181 e. The minimum atomic E-state index is -0.280. The van der Waals surface area contributed by atoms with Gasteiger partial charge >= 0.3 is 0 Å². The average molecular weight is 266 g/mol. The largest absolute Gasteiger partial charge is 0.503 e. The Morgan fingerprint density at radius 2 is 2.21 bits per heavy atom. The van der Waals surface area contributed by atoms with Crippen molar-refractivity contribution in [3.63, 3.8) is 0 Å². The number of nitrogens with two attached hydrogens (primary N) is 1. The van der Waals surface area contributed by atoms with E-state index in [1.165, 1.54) is 7.11 Å². The number of phenolic OH excluding ortho intramolecular Hbond substituents is 1. The second-order valence-corrected chi connectivity index (χ2v) is 5.32. The van der Waals surface area contributed by atoms with E-state index in [1.807, 2.05) is 0 Å². The van der Waals surface area contributed by atoms with Crippen LogP contribution in [0.2, 0.25) is 0 Å². The van der Waals surface area contributed by atoms with Crippen LogP contribution in [-0.2, 0) is 6.42 Å². The summed E-state index contributed by atoms with van der Waals surface area (Å²) in [4.78, 5) is 2.22. The normalized spacial score (nSPS) is 24.4. The Labute approximate surface area is 113 Å². The molecule has 1 heterocycles. The van der Waals surface area contributed by atoms with Crippen LogP contribution in [0.3, 0.4) is 0 Å². The Morgan fingerprint density at radius 3 is 2.89 bits per heavy atom. The summed E-state index contributed by atoms with van der Waals surface area (Å²) in [5.41, 5.74) is 7.05. The quantitative estimate of drug-likeness (QED) is 0.558. The molecule has 0 saturated carbocycles. The Morgan fingerprint density at radius 1 is 1.47 bits per heavy atom. The molecule has 1 aromatic rings. The first-order valence-electron chi connectivity index (χ1n) is 6.53. The average Bonchev–Trinajstić information content (AvgIpc) is 2.38. The molecule has 106 valence electrons. The van der Waals surface area contributed by atoms with Crippen LogP contribution < -0.4 is 10.5 Å². The molecule has 1 aliphatic rings. The van der Waals surface area contributed by atoms with Crippen molar-refractivity contribution in [3.05, 3.63) is 17.7 Å². The van der Waals surface area contributed by atoms with Gasteiger partial charge in [0.1, 0.15) is 0 Å². The molecule has 2 atom stereocenters. The summed E-state index contributed by atoms with van der Waals surface area (Å²) in [6, 6.07) is 3.53. The van der Waals surface area contributed by atoms with Gasteiger partial charge in [0.05, 0.1) is 18.9 Å². The summed E-state index contributed by atoms with van der Waals surface area (Å²) in [5.74, 6) is 0.550. The van der Waals surface area contributed by atoms with Crippen LogP contribution in [0, 0.1) is 5.92 Å². The standard InChI is InChI=1S/C14H22N2O3/c1-16-4-3-12(17)10(8-16)5-9-6-11(15)14(18)13(7-9)19-2/h6-7,10,12,17-18H,3-5,8,15H2,1-2H3. The zero-order chi connectivity index (χ0) is 14.0. The topological polar surface area (TPSA) is 79.0 Å². The highest BCUT2D eigenvalue weighted by Crippen LogP contribution is 2.34. The van der Waals surface area contributed by atoms with Crippen molar-refractivity contribution in [2.75, 3.05) is 33.0 Å². The summed E-state index contributed by atoms with van der Waals surface area (Å²) in [7, 11) is 3.56. The van der Waals surface area contributed by atoms with Gasteiger partial charge in [0.2, 0.25) is 0 Å². The summed E-state index contributed by atoms with van der Waals surface area (Å²) >= 11 is 0. The second kappa shape index (κ2) is 5.67. The van der Waals surface area contributed by atoms with E-state index in [2.05, 4.69) is 11.9 Å². The van der Waals surface area contributed by atoms with Gasteiger partial charge in [-0.3, -0.25) is 0 Å². The fraction of sp³-hybridized carbons (Fsp3) is 0.571. The van der Waals surface area contributed by atoms with Gasteiger partial charge in [0.15, 0.2) is 11.5 Å². The summed E-state index contributed by atoms with van der Waals surface area (Å²) < 4.78 is 5.10. The highest BCUT2D eigenvalue weighted by molar-refractivity contribution is 5.61. The number of likely N-dealkylation sites (tertiary alicyclic amines) is 1. The van der Waals surface area contributed by atoms with Crippen molar-refractivity contribution in [2.24, 2.45) is 5.92 Å². The lowest BCUT2D eigenvalue weighted by Crippen LogP contribution is -2.41. The van der Waals surface area contributed by atoms with Crippen LogP contribution in [0.4, 0.5) is 5.69 Å². The smallest absolute Gasteiger partial charge is 0.181 e. The third kappa shape index (κ3) is 3.11. The second-order valence-electron chi connectivity index (χ2n) is 5.32. The molecule has 0 bridgehead atoms. The number of anilines is 1. The number of aromatic hydroxyl groups is 1. The number of rotatable bonds is 3. The van der Waals surface area contributed by atoms with E-state index >= 15 is 0 Å². The number of aliphatic hydroxyl groups is 1. The van der Waals surface area contributed by atoms with Crippen molar-refractivity contribution < 1.29 is 14.9 Å². The van der Waals surface area contributed by atoms with Gasteiger partial charge in [-0.2, -0.15) is 0 Å². The molecule has 2 unspecified atom stereocenters. The third-order valence-corrected chi connectivity index (χ3v) is 3.78. The highest BCUT2D eigenvalue weighted by atomic mass is 16.5. The first kappa shape index (κ1) is 14.0. The van der Waals surface area contributed by atoms with Crippen LogP contribution in [0.15, 0.2) is 12.1 Å². The van der Waals surface area contributed by atoms with Gasteiger partial charge in [-0.25, -0.2) is 0 Å². The van der Waals surface area contributed by atoms with Gasteiger partial charge < -0.3 is 25.6 Å². The van der Waals surface area contributed by atoms with Crippen LogP contribution in [-0.4, -0.2) is 48.5 Å². The predicted octanol–water partition coefficient (Wildman–Crippen LogP) is 0.838.